The average Bonchev–Trinajstić information content (AvgIpc) is 2.75. The van der Waals surface area contributed by atoms with Crippen molar-refractivity contribution in [1.82, 2.24) is 4.90 Å². The number of nitrogens with two attached hydrogens (primary N) is 1. The fourth-order valence-electron chi connectivity index (χ4n) is 3.01. The minimum absolute atomic E-state index is 0.0277. The highest BCUT2D eigenvalue weighted by atomic mass is 32.1. The summed E-state index contributed by atoms with van der Waals surface area (Å²) < 4.78 is 11.5. The van der Waals surface area contributed by atoms with Crippen molar-refractivity contribution in [2.24, 2.45) is 5.73 Å². The molecule has 2 aliphatic heterocycles. The van der Waals surface area contributed by atoms with Gasteiger partial charge in [0.25, 0.3) is 0 Å². The topological polar surface area (TPSA) is 47.7 Å². The van der Waals surface area contributed by atoms with Crippen LogP contribution in [0.3, 0.4) is 0 Å². The molecule has 0 aromatic heterocycles. The molecule has 2 aliphatic rings. The lowest BCUT2D eigenvalue weighted by Crippen LogP contribution is -2.50. The van der Waals surface area contributed by atoms with E-state index in [2.05, 4.69) is 18.9 Å². The second-order valence-corrected chi connectivity index (χ2v) is 6.19. The SMILES string of the molecule is CC(CC(N)=S)N(C)C1CCOC2(CCOC2)C1. The molecule has 0 aromatic carbocycles. The Balaban J connectivity index is 1.93. The first-order chi connectivity index (χ1) is 8.52. The van der Waals surface area contributed by atoms with Crippen LogP contribution in [-0.4, -0.2) is 54.4 Å². The molecule has 2 fully saturated rings. The van der Waals surface area contributed by atoms with Gasteiger partial charge in [0, 0.05) is 38.1 Å². The lowest BCUT2D eigenvalue weighted by molar-refractivity contribution is -0.107. The predicted octanol–water partition coefficient (Wildman–Crippen LogP) is 1.32. The van der Waals surface area contributed by atoms with Crippen LogP contribution in [0.2, 0.25) is 0 Å². The van der Waals surface area contributed by atoms with Gasteiger partial charge in [-0.2, -0.15) is 0 Å². The van der Waals surface area contributed by atoms with Gasteiger partial charge in [0.15, 0.2) is 0 Å². The normalized spacial score (nSPS) is 34.1. The molecule has 0 aliphatic carbocycles. The monoisotopic (exact) mass is 272 g/mol. The van der Waals surface area contributed by atoms with Crippen molar-refractivity contribution < 1.29 is 9.47 Å². The molecule has 4 nitrogen and oxygen atoms in total. The van der Waals surface area contributed by atoms with Crippen molar-refractivity contribution in [1.29, 1.82) is 0 Å². The molecule has 0 radical (unpaired) electrons. The Morgan fingerprint density at radius 3 is 2.94 bits per heavy atom. The van der Waals surface area contributed by atoms with Gasteiger partial charge >= 0.3 is 0 Å². The molecule has 0 bridgehead atoms. The van der Waals surface area contributed by atoms with E-state index < -0.39 is 0 Å². The van der Waals surface area contributed by atoms with Crippen molar-refractivity contribution in [2.45, 2.75) is 50.3 Å². The Morgan fingerprint density at radius 1 is 1.56 bits per heavy atom. The van der Waals surface area contributed by atoms with E-state index >= 15 is 0 Å². The quantitative estimate of drug-likeness (QED) is 0.782. The second-order valence-electron chi connectivity index (χ2n) is 5.67. The first-order valence-electron chi connectivity index (χ1n) is 6.74. The Labute approximate surface area is 115 Å². The summed E-state index contributed by atoms with van der Waals surface area (Å²) in [4.78, 5) is 3.00. The Kier molecular flexibility index (Phi) is 4.59. The largest absolute Gasteiger partial charge is 0.393 e. The standard InChI is InChI=1S/C13H24N2O2S/c1-10(7-12(14)18)15(2)11-3-5-17-13(8-11)4-6-16-9-13/h10-11H,3-9H2,1-2H3,(H2,14,18). The molecule has 3 unspecified atom stereocenters. The zero-order valence-corrected chi connectivity index (χ0v) is 12.2. The Morgan fingerprint density at radius 2 is 2.33 bits per heavy atom. The summed E-state index contributed by atoms with van der Waals surface area (Å²) >= 11 is 5.00. The van der Waals surface area contributed by atoms with E-state index in [9.17, 15) is 0 Å². The van der Waals surface area contributed by atoms with Crippen LogP contribution in [0.5, 0.6) is 0 Å². The van der Waals surface area contributed by atoms with Crippen molar-refractivity contribution >= 4 is 17.2 Å². The van der Waals surface area contributed by atoms with Crippen molar-refractivity contribution in [3.05, 3.63) is 0 Å². The number of rotatable bonds is 4. The highest BCUT2D eigenvalue weighted by molar-refractivity contribution is 7.80. The molecule has 0 aromatic rings. The van der Waals surface area contributed by atoms with E-state index in [0.717, 1.165) is 45.5 Å². The lowest BCUT2D eigenvalue weighted by atomic mass is 9.88. The molecular weight excluding hydrogens is 248 g/mol. The van der Waals surface area contributed by atoms with Crippen molar-refractivity contribution in [2.75, 3.05) is 26.9 Å². The van der Waals surface area contributed by atoms with E-state index in [1.54, 1.807) is 0 Å². The number of ether oxygens (including phenoxy) is 2. The van der Waals surface area contributed by atoms with Crippen LogP contribution in [-0.2, 0) is 9.47 Å². The highest BCUT2D eigenvalue weighted by Crippen LogP contribution is 2.35. The molecule has 2 heterocycles. The van der Waals surface area contributed by atoms with Crippen molar-refractivity contribution in [3.8, 4) is 0 Å². The van der Waals surface area contributed by atoms with Gasteiger partial charge in [-0.3, -0.25) is 0 Å². The number of hydrogen-bond acceptors (Lipinski definition) is 4. The first kappa shape index (κ1) is 14.2. The van der Waals surface area contributed by atoms with E-state index in [4.69, 9.17) is 27.4 Å². The van der Waals surface area contributed by atoms with Crippen LogP contribution in [0, 0.1) is 0 Å². The fourth-order valence-corrected chi connectivity index (χ4v) is 3.25. The maximum atomic E-state index is 5.97. The summed E-state index contributed by atoms with van der Waals surface area (Å²) in [5, 5.41) is 0. The van der Waals surface area contributed by atoms with Crippen LogP contribution >= 0.6 is 12.2 Å². The number of thiocarbonyl (C=S) groups is 1. The summed E-state index contributed by atoms with van der Waals surface area (Å²) in [6.45, 7) is 4.60. The van der Waals surface area contributed by atoms with E-state index in [1.165, 1.54) is 0 Å². The van der Waals surface area contributed by atoms with Crippen molar-refractivity contribution in [3.63, 3.8) is 0 Å². The van der Waals surface area contributed by atoms with Gasteiger partial charge in [-0.05, 0) is 26.8 Å². The Bertz CT molecular complexity index is 305. The third-order valence-electron chi connectivity index (χ3n) is 4.30. The molecule has 0 amide bonds. The van der Waals surface area contributed by atoms with Gasteiger partial charge in [0.1, 0.15) is 0 Å². The minimum Gasteiger partial charge on any atom is -0.393 e. The Hall–Kier alpha value is -0.230. The molecule has 1 spiro atoms. The predicted molar refractivity (Wildman–Crippen MR) is 75.8 cm³/mol. The van der Waals surface area contributed by atoms with Gasteiger partial charge in [0.05, 0.1) is 17.2 Å². The third-order valence-corrected chi connectivity index (χ3v) is 4.47. The van der Waals surface area contributed by atoms with Crippen LogP contribution in [0.15, 0.2) is 0 Å². The molecule has 5 heteroatoms. The summed E-state index contributed by atoms with van der Waals surface area (Å²) in [6, 6.07) is 0.940. The minimum atomic E-state index is -0.0277. The smallest absolute Gasteiger partial charge is 0.0951 e. The van der Waals surface area contributed by atoms with E-state index in [1.807, 2.05) is 0 Å². The lowest BCUT2D eigenvalue weighted by Gasteiger charge is -2.42. The zero-order valence-electron chi connectivity index (χ0n) is 11.4. The maximum absolute atomic E-state index is 5.97. The van der Waals surface area contributed by atoms with Crippen LogP contribution < -0.4 is 5.73 Å². The molecule has 104 valence electrons. The third kappa shape index (κ3) is 3.20. The summed E-state index contributed by atoms with van der Waals surface area (Å²) in [5.74, 6) is 0. The molecular formula is C13H24N2O2S. The first-order valence-corrected chi connectivity index (χ1v) is 7.15. The molecule has 2 N–H and O–H groups in total. The number of nitrogens with zero attached hydrogens (tertiary/aromatic N) is 1. The number of hydrogen-bond donors (Lipinski definition) is 1. The average molecular weight is 272 g/mol. The molecule has 3 atom stereocenters. The van der Waals surface area contributed by atoms with Gasteiger partial charge in [-0.25, -0.2) is 0 Å². The second kappa shape index (κ2) is 5.82. The van der Waals surface area contributed by atoms with Crippen LogP contribution in [0.4, 0.5) is 0 Å². The van der Waals surface area contributed by atoms with E-state index in [-0.39, 0.29) is 5.60 Å². The van der Waals surface area contributed by atoms with Gasteiger partial charge in [0.2, 0.25) is 0 Å². The zero-order chi connectivity index (χ0) is 13.2. The van der Waals surface area contributed by atoms with E-state index in [0.29, 0.717) is 17.1 Å². The molecule has 18 heavy (non-hydrogen) atoms. The highest BCUT2D eigenvalue weighted by Gasteiger charge is 2.42. The van der Waals surface area contributed by atoms with Gasteiger partial charge in [-0.15, -0.1) is 0 Å². The molecule has 2 saturated heterocycles. The van der Waals surface area contributed by atoms with Gasteiger partial charge < -0.3 is 20.1 Å². The fraction of sp³-hybridized carbons (Fsp3) is 0.923. The van der Waals surface area contributed by atoms with Gasteiger partial charge in [-0.1, -0.05) is 12.2 Å². The summed E-state index contributed by atoms with van der Waals surface area (Å²) in [7, 11) is 2.17. The van der Waals surface area contributed by atoms with Crippen LogP contribution in [0.1, 0.15) is 32.6 Å². The molecule has 0 saturated carbocycles. The maximum Gasteiger partial charge on any atom is 0.0951 e. The summed E-state index contributed by atoms with van der Waals surface area (Å²) in [5.41, 5.74) is 5.61. The summed E-state index contributed by atoms with van der Waals surface area (Å²) in [6.07, 6.45) is 3.96. The molecule has 2 rings (SSSR count). The van der Waals surface area contributed by atoms with Crippen LogP contribution in [0.25, 0.3) is 0 Å².